The quantitative estimate of drug-likeness (QED) is 0.141. The van der Waals surface area contributed by atoms with Gasteiger partial charge in [0.2, 0.25) is 11.6 Å². The first-order valence-electron chi connectivity index (χ1n) is 9.98. The summed E-state index contributed by atoms with van der Waals surface area (Å²) in [6, 6.07) is 15.5. The zero-order valence-electron chi connectivity index (χ0n) is 17.5. The second-order valence-corrected chi connectivity index (χ2v) is 9.70. The molecular weight excluding hydrogens is 579 g/mol. The van der Waals surface area contributed by atoms with Gasteiger partial charge >= 0.3 is 0 Å². The van der Waals surface area contributed by atoms with Gasteiger partial charge in [0, 0.05) is 20.4 Å². The van der Waals surface area contributed by atoms with Crippen LogP contribution in [0.3, 0.4) is 0 Å². The summed E-state index contributed by atoms with van der Waals surface area (Å²) in [6.07, 6.45) is 1.40. The summed E-state index contributed by atoms with van der Waals surface area (Å²) in [5, 5.41) is 19.0. The Kier molecular flexibility index (Phi) is 6.61. The minimum absolute atomic E-state index is 0.00340. The normalized spacial score (nSPS) is 13.1. The van der Waals surface area contributed by atoms with Crippen LogP contribution in [0.25, 0.3) is 11.3 Å². The van der Waals surface area contributed by atoms with E-state index in [0.29, 0.717) is 32.0 Å². The lowest BCUT2D eigenvalue weighted by Gasteiger charge is -2.06. The zero-order chi connectivity index (χ0) is 24.5. The number of benzene rings is 3. The molecule has 3 aromatic carbocycles. The molecule has 0 unspecified atom stereocenters. The third-order valence-corrected chi connectivity index (χ3v) is 7.04. The van der Waals surface area contributed by atoms with Gasteiger partial charge in [0.15, 0.2) is 11.5 Å². The third kappa shape index (κ3) is 4.83. The number of aromatic nitrogens is 1. The Bertz CT molecular complexity index is 1570. The van der Waals surface area contributed by atoms with E-state index in [1.807, 2.05) is 29.6 Å². The Hall–Kier alpha value is -3.18. The monoisotopic (exact) mass is 590 g/mol. The first-order chi connectivity index (χ1) is 16.9. The zero-order valence-corrected chi connectivity index (χ0v) is 21.4. The van der Waals surface area contributed by atoms with Crippen LogP contribution in [-0.2, 0) is 0 Å². The van der Waals surface area contributed by atoms with E-state index in [0.717, 1.165) is 15.7 Å². The third-order valence-electron chi connectivity index (χ3n) is 4.99. The summed E-state index contributed by atoms with van der Waals surface area (Å²) in [6.45, 7) is 0.00340. The Morgan fingerprint density at radius 1 is 1.11 bits per heavy atom. The average molecular weight is 592 g/mol. The summed E-state index contributed by atoms with van der Waals surface area (Å²) in [5.74, 6) is 0.732. The largest absolute Gasteiger partial charge is 0.454 e. The van der Waals surface area contributed by atoms with E-state index in [4.69, 9.17) is 32.7 Å². The predicted molar refractivity (Wildman–Crippen MR) is 139 cm³/mol. The van der Waals surface area contributed by atoms with E-state index >= 15 is 0 Å². The molecule has 0 spiro atoms. The SMILES string of the molecule is O=[N+]([O-])c1cc2c(cc1C=Nn1c(-c3ccccc3Br)csc1=Nc1ccc(Cl)cc1Cl)OCO2. The minimum atomic E-state index is -0.491. The number of halogens is 3. The molecule has 8 nitrogen and oxygen atoms in total. The molecule has 12 heteroatoms. The summed E-state index contributed by atoms with van der Waals surface area (Å²) in [7, 11) is 0. The maximum Gasteiger partial charge on any atom is 0.282 e. The lowest BCUT2D eigenvalue weighted by atomic mass is 10.1. The van der Waals surface area contributed by atoms with E-state index in [1.54, 1.807) is 22.9 Å². The fraction of sp³-hybridized carbons (Fsp3) is 0.0435. The van der Waals surface area contributed by atoms with E-state index in [2.05, 4.69) is 26.0 Å². The molecule has 0 radical (unpaired) electrons. The summed E-state index contributed by atoms with van der Waals surface area (Å²) in [4.78, 5) is 16.4. The van der Waals surface area contributed by atoms with Gasteiger partial charge in [-0.25, -0.2) is 9.67 Å². The van der Waals surface area contributed by atoms with Crippen LogP contribution in [0.4, 0.5) is 11.4 Å². The van der Waals surface area contributed by atoms with Crippen LogP contribution in [0.2, 0.25) is 10.0 Å². The molecule has 5 rings (SSSR count). The van der Waals surface area contributed by atoms with Crippen LogP contribution < -0.4 is 14.3 Å². The molecule has 2 heterocycles. The van der Waals surface area contributed by atoms with Gasteiger partial charge in [0.1, 0.15) is 0 Å². The number of rotatable bonds is 5. The molecule has 176 valence electrons. The molecule has 0 saturated heterocycles. The maximum atomic E-state index is 11.7. The van der Waals surface area contributed by atoms with Gasteiger partial charge in [-0.3, -0.25) is 10.1 Å². The summed E-state index contributed by atoms with van der Waals surface area (Å²) >= 11 is 17.3. The van der Waals surface area contributed by atoms with Crippen LogP contribution in [-0.4, -0.2) is 22.6 Å². The highest BCUT2D eigenvalue weighted by atomic mass is 79.9. The molecule has 0 aliphatic carbocycles. The average Bonchev–Trinajstić information content (AvgIpc) is 3.45. The first-order valence-corrected chi connectivity index (χ1v) is 12.4. The molecular formula is C23H13BrCl2N4O4S. The number of ether oxygens (including phenoxy) is 2. The number of hydrogen-bond acceptors (Lipinski definition) is 7. The van der Waals surface area contributed by atoms with E-state index < -0.39 is 4.92 Å². The highest BCUT2D eigenvalue weighted by Gasteiger charge is 2.22. The molecule has 4 aromatic rings. The molecule has 0 amide bonds. The van der Waals surface area contributed by atoms with Crippen molar-refractivity contribution >= 4 is 68.1 Å². The fourth-order valence-corrected chi connectivity index (χ4v) is 5.13. The molecule has 0 saturated carbocycles. The number of thiazole rings is 1. The van der Waals surface area contributed by atoms with Crippen molar-refractivity contribution < 1.29 is 14.4 Å². The summed E-state index contributed by atoms with van der Waals surface area (Å²) in [5.41, 5.74) is 2.20. The molecule has 0 fully saturated rings. The minimum Gasteiger partial charge on any atom is -0.454 e. The Labute approximate surface area is 221 Å². The van der Waals surface area contributed by atoms with Gasteiger partial charge in [0.05, 0.1) is 39.2 Å². The van der Waals surface area contributed by atoms with Crippen molar-refractivity contribution in [3.8, 4) is 22.8 Å². The van der Waals surface area contributed by atoms with E-state index in [1.165, 1.54) is 29.7 Å². The fourth-order valence-electron chi connectivity index (χ4n) is 3.35. The van der Waals surface area contributed by atoms with Crippen LogP contribution in [0.1, 0.15) is 5.56 Å². The van der Waals surface area contributed by atoms with Crippen molar-refractivity contribution in [2.75, 3.05) is 6.79 Å². The first kappa shape index (κ1) is 23.6. The van der Waals surface area contributed by atoms with Crippen molar-refractivity contribution in [3.63, 3.8) is 0 Å². The van der Waals surface area contributed by atoms with Gasteiger partial charge in [-0.15, -0.1) is 11.3 Å². The topological polar surface area (TPSA) is 91.2 Å². The molecule has 0 N–H and O–H groups in total. The smallest absolute Gasteiger partial charge is 0.282 e. The van der Waals surface area contributed by atoms with Gasteiger partial charge in [0.25, 0.3) is 5.69 Å². The lowest BCUT2D eigenvalue weighted by Crippen LogP contribution is -2.12. The Balaban J connectivity index is 1.68. The predicted octanol–water partition coefficient (Wildman–Crippen LogP) is 7.04. The van der Waals surface area contributed by atoms with Crippen molar-refractivity contribution in [3.05, 3.63) is 95.0 Å². The van der Waals surface area contributed by atoms with Crippen molar-refractivity contribution in [1.29, 1.82) is 0 Å². The Morgan fingerprint density at radius 2 is 1.89 bits per heavy atom. The lowest BCUT2D eigenvalue weighted by molar-refractivity contribution is -0.385. The molecule has 0 atom stereocenters. The number of nitro benzene ring substituents is 1. The number of nitro groups is 1. The van der Waals surface area contributed by atoms with Gasteiger partial charge in [-0.1, -0.05) is 57.3 Å². The number of nitrogens with zero attached hydrogens (tertiary/aromatic N) is 4. The van der Waals surface area contributed by atoms with E-state index in [9.17, 15) is 10.1 Å². The van der Waals surface area contributed by atoms with Crippen molar-refractivity contribution in [2.24, 2.45) is 10.1 Å². The highest BCUT2D eigenvalue weighted by Crippen LogP contribution is 2.37. The van der Waals surface area contributed by atoms with Crippen LogP contribution in [0, 0.1) is 10.1 Å². The van der Waals surface area contributed by atoms with Gasteiger partial charge < -0.3 is 9.47 Å². The number of fused-ring (bicyclic) bond motifs is 1. The molecule has 0 bridgehead atoms. The van der Waals surface area contributed by atoms with Crippen LogP contribution in [0.15, 0.2) is 74.5 Å². The number of hydrogen-bond donors (Lipinski definition) is 0. The standard InChI is InChI=1S/C23H13BrCl2N4O4S/c24-16-4-2-1-3-15(16)20-11-35-23(28-18-6-5-14(25)8-17(18)26)29(20)27-10-13-7-21-22(34-12-33-21)9-19(13)30(31)32/h1-11H,12H2. The van der Waals surface area contributed by atoms with Crippen molar-refractivity contribution in [1.82, 2.24) is 4.68 Å². The molecule has 35 heavy (non-hydrogen) atoms. The second-order valence-electron chi connectivity index (χ2n) is 7.17. The summed E-state index contributed by atoms with van der Waals surface area (Å²) < 4.78 is 13.1. The Morgan fingerprint density at radius 3 is 2.63 bits per heavy atom. The molecule has 1 aliphatic heterocycles. The molecule has 1 aliphatic rings. The van der Waals surface area contributed by atoms with E-state index in [-0.39, 0.29) is 18.0 Å². The molecule has 1 aromatic heterocycles. The van der Waals surface area contributed by atoms with Crippen LogP contribution in [0.5, 0.6) is 11.5 Å². The maximum absolute atomic E-state index is 11.7. The van der Waals surface area contributed by atoms with Crippen molar-refractivity contribution in [2.45, 2.75) is 0 Å². The second kappa shape index (κ2) is 9.82. The van der Waals surface area contributed by atoms with Crippen LogP contribution >= 0.6 is 50.5 Å². The van der Waals surface area contributed by atoms with Gasteiger partial charge in [-0.05, 0) is 30.3 Å². The van der Waals surface area contributed by atoms with Gasteiger partial charge in [-0.2, -0.15) is 5.10 Å². The highest BCUT2D eigenvalue weighted by molar-refractivity contribution is 9.10.